The molecule has 0 radical (unpaired) electrons. The summed E-state index contributed by atoms with van der Waals surface area (Å²) in [5.41, 5.74) is 1.02. The molecule has 0 saturated heterocycles. The number of thiazole rings is 1. The minimum Gasteiger partial charge on any atom is -0.419 e. The van der Waals surface area contributed by atoms with Gasteiger partial charge in [0.2, 0.25) is 4.80 Å². The molecule has 2 aromatic rings. The molecule has 0 unspecified atom stereocenters. The van der Waals surface area contributed by atoms with Crippen LogP contribution >= 0.6 is 23.1 Å². The number of carbonyl (C=O) groups excluding carboxylic acids is 1. The van der Waals surface area contributed by atoms with Crippen LogP contribution in [-0.2, 0) is 16.1 Å². The van der Waals surface area contributed by atoms with E-state index in [2.05, 4.69) is 15.8 Å². The second-order valence-corrected chi connectivity index (χ2v) is 6.50. The number of carbonyl (C=O) groups is 1. The van der Waals surface area contributed by atoms with Gasteiger partial charge in [-0.15, -0.1) is 6.42 Å². The van der Waals surface area contributed by atoms with Gasteiger partial charge in [0.1, 0.15) is 0 Å². The van der Waals surface area contributed by atoms with Crippen molar-refractivity contribution < 1.29 is 19.5 Å². The van der Waals surface area contributed by atoms with Crippen molar-refractivity contribution in [2.45, 2.75) is 6.54 Å². The Kier molecular flexibility index (Phi) is 7.00. The van der Waals surface area contributed by atoms with Crippen LogP contribution in [0.4, 0.5) is 4.79 Å². The Morgan fingerprint density at radius 2 is 2.26 bits per heavy atom. The van der Waals surface area contributed by atoms with E-state index in [4.69, 9.17) is 16.4 Å². The van der Waals surface area contributed by atoms with Crippen LogP contribution < -0.4 is 4.80 Å². The van der Waals surface area contributed by atoms with Gasteiger partial charge >= 0.3 is 6.16 Å². The molecule has 1 heterocycles. The Hall–Kier alpha value is -1.95. The van der Waals surface area contributed by atoms with E-state index in [0.29, 0.717) is 17.1 Å². The molecule has 8 heteroatoms. The molecule has 1 aromatic heterocycles. The van der Waals surface area contributed by atoms with Gasteiger partial charge in [-0.1, -0.05) is 29.4 Å². The molecule has 0 amide bonds. The van der Waals surface area contributed by atoms with Gasteiger partial charge < -0.3 is 14.4 Å². The lowest BCUT2D eigenvalue weighted by Crippen LogP contribution is -2.18. The normalized spacial score (nSPS) is 11.4. The summed E-state index contributed by atoms with van der Waals surface area (Å²) in [5, 5.41) is 12.7. The number of rotatable bonds is 7. The molecule has 122 valence electrons. The van der Waals surface area contributed by atoms with E-state index in [1.807, 2.05) is 28.8 Å². The zero-order valence-corrected chi connectivity index (χ0v) is 13.9. The standard InChI is InChI=1S/C15H16N2O4S2/c1-2-9-20-15(19)21-16-14-17(7-10-22-11-8-18)12-5-3-4-6-13(12)23-14/h1,3-6,18H,7-11H2/b16-14-. The average Bonchev–Trinajstić information content (AvgIpc) is 2.92. The van der Waals surface area contributed by atoms with Gasteiger partial charge in [-0.25, -0.2) is 4.79 Å². The van der Waals surface area contributed by atoms with Gasteiger partial charge in [0.15, 0.2) is 6.61 Å². The van der Waals surface area contributed by atoms with Crippen molar-refractivity contribution in [3.63, 3.8) is 0 Å². The highest BCUT2D eigenvalue weighted by molar-refractivity contribution is 7.99. The van der Waals surface area contributed by atoms with Gasteiger partial charge in [0, 0.05) is 18.1 Å². The Balaban J connectivity index is 2.20. The van der Waals surface area contributed by atoms with E-state index in [1.165, 1.54) is 11.3 Å². The van der Waals surface area contributed by atoms with Crippen molar-refractivity contribution in [3.05, 3.63) is 29.1 Å². The molecule has 23 heavy (non-hydrogen) atoms. The molecule has 0 spiro atoms. The third-order valence-electron chi connectivity index (χ3n) is 2.75. The van der Waals surface area contributed by atoms with Crippen LogP contribution in [0.2, 0.25) is 0 Å². The van der Waals surface area contributed by atoms with Gasteiger partial charge in [0.05, 0.1) is 16.8 Å². The molecule has 0 bridgehead atoms. The van der Waals surface area contributed by atoms with Crippen molar-refractivity contribution in [1.82, 2.24) is 4.57 Å². The highest BCUT2D eigenvalue weighted by Crippen LogP contribution is 2.17. The largest absolute Gasteiger partial charge is 0.536 e. The third-order valence-corrected chi connectivity index (χ3v) is 4.74. The number of para-hydroxylation sites is 1. The summed E-state index contributed by atoms with van der Waals surface area (Å²) in [7, 11) is 0. The third kappa shape index (κ3) is 5.03. The molecule has 6 nitrogen and oxygen atoms in total. The summed E-state index contributed by atoms with van der Waals surface area (Å²) in [4.78, 5) is 16.6. The minimum absolute atomic E-state index is 0.154. The maximum absolute atomic E-state index is 11.3. The average molecular weight is 352 g/mol. The first kappa shape index (κ1) is 17.4. The number of hydrogen-bond acceptors (Lipinski definition) is 7. The smallest absolute Gasteiger partial charge is 0.419 e. The van der Waals surface area contributed by atoms with E-state index in [9.17, 15) is 4.79 Å². The number of benzene rings is 1. The van der Waals surface area contributed by atoms with Gasteiger partial charge in [-0.3, -0.25) is 4.84 Å². The molecule has 2 rings (SSSR count). The van der Waals surface area contributed by atoms with E-state index in [-0.39, 0.29) is 13.2 Å². The zero-order chi connectivity index (χ0) is 16.5. The molecule has 1 aromatic carbocycles. The zero-order valence-electron chi connectivity index (χ0n) is 12.3. The van der Waals surface area contributed by atoms with Crippen LogP contribution in [0.1, 0.15) is 0 Å². The highest BCUT2D eigenvalue weighted by atomic mass is 32.2. The first-order valence-corrected chi connectivity index (χ1v) is 8.81. The van der Waals surface area contributed by atoms with Crippen molar-refractivity contribution >= 4 is 39.5 Å². The van der Waals surface area contributed by atoms with Crippen LogP contribution in [0.3, 0.4) is 0 Å². The topological polar surface area (TPSA) is 73.0 Å². The lowest BCUT2D eigenvalue weighted by molar-refractivity contribution is 0.0630. The Morgan fingerprint density at radius 1 is 1.43 bits per heavy atom. The Bertz CT molecular complexity index is 761. The summed E-state index contributed by atoms with van der Waals surface area (Å²) in [5.74, 6) is 3.68. The monoisotopic (exact) mass is 352 g/mol. The van der Waals surface area contributed by atoms with Crippen LogP contribution in [0.15, 0.2) is 29.4 Å². The van der Waals surface area contributed by atoms with Crippen LogP contribution in [0.5, 0.6) is 0 Å². The highest BCUT2D eigenvalue weighted by Gasteiger charge is 2.08. The quantitative estimate of drug-likeness (QED) is 0.271. The summed E-state index contributed by atoms with van der Waals surface area (Å²) >= 11 is 3.06. The number of ether oxygens (including phenoxy) is 1. The first-order chi connectivity index (χ1) is 11.3. The van der Waals surface area contributed by atoms with Crippen molar-refractivity contribution in [1.29, 1.82) is 0 Å². The summed E-state index contributed by atoms with van der Waals surface area (Å²) < 4.78 is 7.62. The van der Waals surface area contributed by atoms with E-state index >= 15 is 0 Å². The van der Waals surface area contributed by atoms with Crippen molar-refractivity contribution in [3.8, 4) is 12.3 Å². The molecular weight excluding hydrogens is 336 g/mol. The van der Waals surface area contributed by atoms with E-state index in [1.54, 1.807) is 11.8 Å². The predicted molar refractivity (Wildman–Crippen MR) is 91.1 cm³/mol. The molecule has 0 atom stereocenters. The van der Waals surface area contributed by atoms with Crippen molar-refractivity contribution in [2.75, 3.05) is 24.7 Å². The second kappa shape index (κ2) is 9.25. The van der Waals surface area contributed by atoms with Crippen LogP contribution in [0.25, 0.3) is 10.2 Å². The maximum Gasteiger partial charge on any atom is 0.536 e. The fraction of sp³-hybridized carbons (Fsp3) is 0.333. The minimum atomic E-state index is -0.929. The Labute approximate surface area is 141 Å². The molecule has 1 N–H and O–H groups in total. The molecule has 0 aliphatic heterocycles. The molecule has 0 saturated carbocycles. The van der Waals surface area contributed by atoms with Gasteiger partial charge in [-0.05, 0) is 17.3 Å². The number of terminal acetylenes is 1. The number of aliphatic hydroxyl groups excluding tert-OH is 1. The summed E-state index contributed by atoms with van der Waals surface area (Å²) in [6.45, 7) is 0.690. The molecule has 0 fully saturated rings. The predicted octanol–water partition coefficient (Wildman–Crippen LogP) is 2.03. The number of nitrogens with zero attached hydrogens (tertiary/aromatic N) is 2. The lowest BCUT2D eigenvalue weighted by Gasteiger charge is -2.04. The SMILES string of the molecule is C#CCOC(=O)O/N=c1\sc2ccccc2n1CCSCCO. The van der Waals surface area contributed by atoms with Crippen LogP contribution in [-0.4, -0.2) is 40.5 Å². The van der Waals surface area contributed by atoms with Crippen molar-refractivity contribution in [2.24, 2.45) is 5.16 Å². The number of aromatic nitrogens is 1. The Morgan fingerprint density at radius 3 is 3.04 bits per heavy atom. The fourth-order valence-electron chi connectivity index (χ4n) is 1.83. The number of aryl methyl sites for hydroxylation is 1. The summed E-state index contributed by atoms with van der Waals surface area (Å²) in [6.07, 6.45) is 4.07. The molecule has 0 aliphatic carbocycles. The first-order valence-electron chi connectivity index (χ1n) is 6.84. The van der Waals surface area contributed by atoms with E-state index in [0.717, 1.165) is 16.0 Å². The number of hydrogen-bond donors (Lipinski definition) is 1. The number of fused-ring (bicyclic) bond motifs is 1. The second-order valence-electron chi connectivity index (χ2n) is 4.27. The number of aliphatic hydroxyl groups is 1. The summed E-state index contributed by atoms with van der Waals surface area (Å²) in [6, 6.07) is 7.85. The van der Waals surface area contributed by atoms with Gasteiger partial charge in [0.25, 0.3) is 0 Å². The maximum atomic E-state index is 11.3. The molecular formula is C15H16N2O4S2. The van der Waals surface area contributed by atoms with E-state index < -0.39 is 6.16 Å². The lowest BCUT2D eigenvalue weighted by atomic mass is 10.3. The number of thioether (sulfide) groups is 1. The van der Waals surface area contributed by atoms with Gasteiger partial charge in [-0.2, -0.15) is 11.8 Å². The molecule has 0 aliphatic rings. The fourth-order valence-corrected chi connectivity index (χ4v) is 3.48. The van der Waals surface area contributed by atoms with Crippen LogP contribution in [0, 0.1) is 12.3 Å².